The van der Waals surface area contributed by atoms with Crippen LogP contribution in [0.2, 0.25) is 10.0 Å². The predicted molar refractivity (Wildman–Crippen MR) is 138 cm³/mol. The Morgan fingerprint density at radius 3 is 2.41 bits per heavy atom. The first-order valence-corrected chi connectivity index (χ1v) is 13.7. The van der Waals surface area contributed by atoms with Gasteiger partial charge in [-0.05, 0) is 49.6 Å². The van der Waals surface area contributed by atoms with E-state index >= 15 is 0 Å². The molecule has 186 valence electrons. The normalized spacial score (nSPS) is 12.1. The number of halogens is 2. The molecule has 2 amide bonds. The van der Waals surface area contributed by atoms with Crippen LogP contribution in [0.25, 0.3) is 0 Å². The second-order valence-corrected chi connectivity index (χ2v) is 10.7. The molecule has 0 aliphatic heterocycles. The van der Waals surface area contributed by atoms with Crippen LogP contribution in [0, 0.1) is 0 Å². The highest BCUT2D eigenvalue weighted by molar-refractivity contribution is 7.92. The van der Waals surface area contributed by atoms with E-state index in [1.165, 1.54) is 9.21 Å². The zero-order valence-electron chi connectivity index (χ0n) is 19.6. The van der Waals surface area contributed by atoms with Gasteiger partial charge in [0, 0.05) is 36.1 Å². The van der Waals surface area contributed by atoms with Crippen molar-refractivity contribution in [1.29, 1.82) is 0 Å². The molecule has 0 spiro atoms. The molecule has 0 unspecified atom stereocenters. The van der Waals surface area contributed by atoms with Gasteiger partial charge in [-0.1, -0.05) is 54.4 Å². The van der Waals surface area contributed by atoms with Gasteiger partial charge in [-0.25, -0.2) is 8.42 Å². The predicted octanol–water partition coefficient (Wildman–Crippen LogP) is 4.48. The number of carbonyl (C=O) groups is 2. The number of amides is 2. The molecule has 0 radical (unpaired) electrons. The minimum absolute atomic E-state index is 0.0580. The third-order valence-corrected chi connectivity index (χ3v) is 7.06. The van der Waals surface area contributed by atoms with E-state index in [9.17, 15) is 18.0 Å². The number of benzene rings is 2. The first-order valence-electron chi connectivity index (χ1n) is 11.1. The quantitative estimate of drug-likeness (QED) is 0.440. The van der Waals surface area contributed by atoms with Crippen LogP contribution in [0.5, 0.6) is 0 Å². The van der Waals surface area contributed by atoms with Gasteiger partial charge in [0.25, 0.3) is 0 Å². The molecular formula is C24H31Cl2N3O4S. The standard InChI is InChI=1S/C24H31Cl2N3O4S/c1-4-14-27-24(31)18(2)28(17-19-9-5-6-12-22(19)26)23(30)13-8-15-29(34(3,32)33)21-11-7-10-20(25)16-21/h5-7,9-12,16,18H,4,8,13-15,17H2,1-3H3,(H,27,31)/t18-/m1/s1. The number of rotatable bonds is 12. The van der Waals surface area contributed by atoms with Crippen molar-refractivity contribution in [1.82, 2.24) is 10.2 Å². The number of hydrogen-bond donors (Lipinski definition) is 1. The van der Waals surface area contributed by atoms with Crippen molar-refractivity contribution < 1.29 is 18.0 Å². The molecule has 0 aromatic heterocycles. The van der Waals surface area contributed by atoms with Gasteiger partial charge in [0.1, 0.15) is 6.04 Å². The number of anilines is 1. The highest BCUT2D eigenvalue weighted by atomic mass is 35.5. The van der Waals surface area contributed by atoms with E-state index in [1.807, 2.05) is 19.1 Å². The molecular weight excluding hydrogens is 497 g/mol. The van der Waals surface area contributed by atoms with Gasteiger partial charge >= 0.3 is 0 Å². The molecule has 34 heavy (non-hydrogen) atoms. The van der Waals surface area contributed by atoms with Crippen LogP contribution < -0.4 is 9.62 Å². The lowest BCUT2D eigenvalue weighted by molar-refractivity contribution is -0.140. The van der Waals surface area contributed by atoms with E-state index < -0.39 is 16.1 Å². The molecule has 2 aromatic carbocycles. The number of carbonyl (C=O) groups excluding carboxylic acids is 2. The summed E-state index contributed by atoms with van der Waals surface area (Å²) in [5, 5.41) is 3.74. The number of hydrogen-bond acceptors (Lipinski definition) is 4. The number of sulfonamides is 1. The Hall–Kier alpha value is -2.29. The van der Waals surface area contributed by atoms with Gasteiger partial charge in [0.15, 0.2) is 0 Å². The monoisotopic (exact) mass is 527 g/mol. The fourth-order valence-corrected chi connectivity index (χ4v) is 4.76. The van der Waals surface area contributed by atoms with Crippen molar-refractivity contribution in [3.8, 4) is 0 Å². The van der Waals surface area contributed by atoms with Gasteiger partial charge in [-0.15, -0.1) is 0 Å². The Labute approximate surface area is 212 Å². The second-order valence-electron chi connectivity index (χ2n) is 8.00. The smallest absolute Gasteiger partial charge is 0.242 e. The summed E-state index contributed by atoms with van der Waals surface area (Å²) in [4.78, 5) is 27.3. The van der Waals surface area contributed by atoms with Crippen molar-refractivity contribution in [2.24, 2.45) is 0 Å². The molecule has 0 heterocycles. The summed E-state index contributed by atoms with van der Waals surface area (Å²) >= 11 is 12.3. The van der Waals surface area contributed by atoms with Gasteiger partial charge in [0.05, 0.1) is 11.9 Å². The molecule has 0 bridgehead atoms. The van der Waals surface area contributed by atoms with Crippen LogP contribution in [0.3, 0.4) is 0 Å². The maximum absolute atomic E-state index is 13.2. The highest BCUT2D eigenvalue weighted by Crippen LogP contribution is 2.23. The minimum Gasteiger partial charge on any atom is -0.354 e. The van der Waals surface area contributed by atoms with Gasteiger partial charge in [-0.3, -0.25) is 13.9 Å². The third-order valence-electron chi connectivity index (χ3n) is 5.26. The van der Waals surface area contributed by atoms with E-state index in [-0.39, 0.29) is 37.7 Å². The highest BCUT2D eigenvalue weighted by Gasteiger charge is 2.27. The lowest BCUT2D eigenvalue weighted by Crippen LogP contribution is -2.47. The Balaban J connectivity index is 2.16. The van der Waals surface area contributed by atoms with Crippen LogP contribution in [-0.4, -0.2) is 50.5 Å². The van der Waals surface area contributed by atoms with E-state index in [4.69, 9.17) is 23.2 Å². The molecule has 1 atom stereocenters. The summed E-state index contributed by atoms with van der Waals surface area (Å²) < 4.78 is 25.9. The number of nitrogens with one attached hydrogen (secondary N) is 1. The zero-order chi connectivity index (χ0) is 25.3. The van der Waals surface area contributed by atoms with Crippen LogP contribution in [0.15, 0.2) is 48.5 Å². The molecule has 0 aliphatic carbocycles. The van der Waals surface area contributed by atoms with Crippen LogP contribution in [0.4, 0.5) is 5.69 Å². The Bertz CT molecular complexity index is 1100. The first kappa shape index (κ1) is 28.0. The summed E-state index contributed by atoms with van der Waals surface area (Å²) in [6, 6.07) is 13.0. The maximum atomic E-state index is 13.2. The van der Waals surface area contributed by atoms with Crippen LogP contribution in [-0.2, 0) is 26.2 Å². The first-order chi connectivity index (χ1) is 16.0. The van der Waals surface area contributed by atoms with Crippen LogP contribution >= 0.6 is 23.2 Å². The van der Waals surface area contributed by atoms with E-state index in [0.717, 1.165) is 18.2 Å². The lowest BCUT2D eigenvalue weighted by Gasteiger charge is -2.29. The topological polar surface area (TPSA) is 86.8 Å². The molecule has 2 rings (SSSR count). The van der Waals surface area contributed by atoms with E-state index in [2.05, 4.69) is 5.32 Å². The summed E-state index contributed by atoms with van der Waals surface area (Å²) in [5.74, 6) is -0.516. The van der Waals surface area contributed by atoms with Crippen molar-refractivity contribution in [3.05, 3.63) is 64.1 Å². The summed E-state index contributed by atoms with van der Waals surface area (Å²) in [6.45, 7) is 4.41. The average Bonchev–Trinajstić information content (AvgIpc) is 2.78. The van der Waals surface area contributed by atoms with Gasteiger partial charge in [0.2, 0.25) is 21.8 Å². The van der Waals surface area contributed by atoms with Crippen LogP contribution in [0.1, 0.15) is 38.7 Å². The SMILES string of the molecule is CCCNC(=O)[C@@H](C)N(Cc1ccccc1Cl)C(=O)CCCN(c1cccc(Cl)c1)S(C)(=O)=O. The molecule has 0 aliphatic rings. The summed E-state index contributed by atoms with van der Waals surface area (Å²) in [7, 11) is -3.58. The maximum Gasteiger partial charge on any atom is 0.242 e. The fraction of sp³-hybridized carbons (Fsp3) is 0.417. The van der Waals surface area contributed by atoms with Crippen molar-refractivity contribution in [2.75, 3.05) is 23.7 Å². The summed E-state index contributed by atoms with van der Waals surface area (Å²) in [5.41, 5.74) is 1.16. The Morgan fingerprint density at radius 2 is 1.79 bits per heavy atom. The van der Waals surface area contributed by atoms with Crippen molar-refractivity contribution in [3.63, 3.8) is 0 Å². The molecule has 0 saturated heterocycles. The summed E-state index contributed by atoms with van der Waals surface area (Å²) in [6.07, 6.45) is 2.21. The Morgan fingerprint density at radius 1 is 1.09 bits per heavy atom. The molecule has 10 heteroatoms. The second kappa shape index (κ2) is 13.0. The third kappa shape index (κ3) is 8.18. The zero-order valence-corrected chi connectivity index (χ0v) is 22.0. The molecule has 7 nitrogen and oxygen atoms in total. The van der Waals surface area contributed by atoms with Crippen molar-refractivity contribution in [2.45, 2.75) is 45.7 Å². The van der Waals surface area contributed by atoms with E-state index in [1.54, 1.807) is 43.3 Å². The minimum atomic E-state index is -3.58. The van der Waals surface area contributed by atoms with E-state index in [0.29, 0.717) is 22.3 Å². The molecule has 0 saturated carbocycles. The van der Waals surface area contributed by atoms with Gasteiger partial charge in [-0.2, -0.15) is 0 Å². The fourth-order valence-electron chi connectivity index (χ4n) is 3.42. The Kier molecular flexibility index (Phi) is 10.7. The molecule has 0 fully saturated rings. The largest absolute Gasteiger partial charge is 0.354 e. The number of nitrogens with zero attached hydrogens (tertiary/aromatic N) is 2. The van der Waals surface area contributed by atoms with Crippen molar-refractivity contribution >= 4 is 50.7 Å². The molecule has 1 N–H and O–H groups in total. The lowest BCUT2D eigenvalue weighted by atomic mass is 10.1. The van der Waals surface area contributed by atoms with Gasteiger partial charge < -0.3 is 10.2 Å². The molecule has 2 aromatic rings. The average molecular weight is 529 g/mol.